The van der Waals surface area contributed by atoms with Gasteiger partial charge in [-0.1, -0.05) is 36.5 Å². The monoisotopic (exact) mass is 229 g/mol. The van der Waals surface area contributed by atoms with Crippen molar-refractivity contribution in [1.29, 1.82) is 0 Å². The highest BCUT2D eigenvalue weighted by atomic mass is 19.4. The van der Waals surface area contributed by atoms with Gasteiger partial charge in [0.2, 0.25) is 0 Å². The molecule has 0 bridgehead atoms. The van der Waals surface area contributed by atoms with Gasteiger partial charge in [-0.25, -0.2) is 0 Å². The second-order valence-electron chi connectivity index (χ2n) is 4.19. The number of para-hydroxylation sites is 1. The highest BCUT2D eigenvalue weighted by molar-refractivity contribution is 6.74. The predicted molar refractivity (Wildman–Crippen MR) is 58.0 cm³/mol. The molecular formula is C11H13BF3O-. The van der Waals surface area contributed by atoms with Crippen molar-refractivity contribution in [3.05, 3.63) is 24.3 Å². The summed E-state index contributed by atoms with van der Waals surface area (Å²) in [5, 5.41) is 0. The van der Waals surface area contributed by atoms with Crippen molar-refractivity contribution < 1.29 is 17.7 Å². The number of rotatable bonds is 5. The van der Waals surface area contributed by atoms with Gasteiger partial charge in [-0.3, -0.25) is 0 Å². The Labute approximate surface area is 92.7 Å². The van der Waals surface area contributed by atoms with Crippen LogP contribution in [0.3, 0.4) is 0 Å². The molecule has 0 N–H and O–H groups in total. The van der Waals surface area contributed by atoms with Crippen LogP contribution in [0.15, 0.2) is 24.3 Å². The van der Waals surface area contributed by atoms with E-state index in [4.69, 9.17) is 4.74 Å². The van der Waals surface area contributed by atoms with Crippen LogP contribution < -0.4 is 10.2 Å². The van der Waals surface area contributed by atoms with E-state index >= 15 is 0 Å². The summed E-state index contributed by atoms with van der Waals surface area (Å²) < 4.78 is 43.1. The molecule has 0 saturated heterocycles. The lowest BCUT2D eigenvalue weighted by Gasteiger charge is -2.19. The Hall–Kier alpha value is -1.13. The molecule has 0 aromatic heterocycles. The molecule has 5 heteroatoms. The zero-order chi connectivity index (χ0) is 11.6. The molecule has 1 fully saturated rings. The third kappa shape index (κ3) is 2.93. The number of benzene rings is 1. The van der Waals surface area contributed by atoms with Gasteiger partial charge in [0.1, 0.15) is 0 Å². The third-order valence-electron chi connectivity index (χ3n) is 2.75. The van der Waals surface area contributed by atoms with E-state index in [2.05, 4.69) is 0 Å². The van der Waals surface area contributed by atoms with Crippen LogP contribution >= 0.6 is 0 Å². The highest BCUT2D eigenvalue weighted by Gasteiger charge is 2.29. The molecule has 1 nitrogen and oxygen atoms in total. The maximum Gasteiger partial charge on any atom is 0.513 e. The lowest BCUT2D eigenvalue weighted by Crippen LogP contribution is -2.35. The van der Waals surface area contributed by atoms with Crippen LogP contribution in [-0.2, 0) is 0 Å². The Bertz CT molecular complexity index is 360. The first-order valence-electron chi connectivity index (χ1n) is 5.49. The first-order chi connectivity index (χ1) is 7.57. The van der Waals surface area contributed by atoms with Crippen LogP contribution in [-0.4, -0.2) is 13.6 Å². The van der Waals surface area contributed by atoms with Gasteiger partial charge in [-0.2, -0.15) is 0 Å². The molecule has 2 rings (SSSR count). The van der Waals surface area contributed by atoms with E-state index in [1.165, 1.54) is 25.0 Å². The highest BCUT2D eigenvalue weighted by Crippen LogP contribution is 2.32. The molecule has 1 saturated carbocycles. The van der Waals surface area contributed by atoms with E-state index in [0.29, 0.717) is 12.5 Å². The van der Waals surface area contributed by atoms with Gasteiger partial charge in [0.05, 0.1) is 12.4 Å². The quantitative estimate of drug-likeness (QED) is 0.705. The van der Waals surface area contributed by atoms with Crippen molar-refractivity contribution in [3.8, 4) is 5.75 Å². The Morgan fingerprint density at radius 3 is 2.50 bits per heavy atom. The van der Waals surface area contributed by atoms with Crippen molar-refractivity contribution in [3.63, 3.8) is 0 Å². The number of hydrogen-bond acceptors (Lipinski definition) is 1. The summed E-state index contributed by atoms with van der Waals surface area (Å²) in [6, 6.07) is 5.42. The molecule has 1 aromatic rings. The topological polar surface area (TPSA) is 9.23 Å². The summed E-state index contributed by atoms with van der Waals surface area (Å²) in [5.74, 6) is 0.638. The molecule has 0 amide bonds. The van der Waals surface area contributed by atoms with Gasteiger partial charge < -0.3 is 17.7 Å². The van der Waals surface area contributed by atoms with E-state index < -0.39 is 12.4 Å². The van der Waals surface area contributed by atoms with Crippen LogP contribution in [0.4, 0.5) is 12.9 Å². The fraction of sp³-hybridized carbons (Fsp3) is 0.455. The molecule has 0 spiro atoms. The molecule has 0 heterocycles. The van der Waals surface area contributed by atoms with Crippen molar-refractivity contribution in [2.24, 2.45) is 5.92 Å². The SMILES string of the molecule is F[B-](F)(F)c1ccccc1OCCC1CC1. The average Bonchev–Trinajstić information content (AvgIpc) is 3.01. The first-order valence-corrected chi connectivity index (χ1v) is 5.49. The summed E-state index contributed by atoms with van der Waals surface area (Å²) in [4.78, 5) is 0. The molecule has 16 heavy (non-hydrogen) atoms. The summed E-state index contributed by atoms with van der Waals surface area (Å²) in [6.07, 6.45) is 3.24. The fourth-order valence-electron chi connectivity index (χ4n) is 1.62. The van der Waals surface area contributed by atoms with E-state index in [-0.39, 0.29) is 5.75 Å². The number of hydrogen-bond donors (Lipinski definition) is 0. The molecular weight excluding hydrogens is 216 g/mol. The zero-order valence-electron chi connectivity index (χ0n) is 8.83. The Kier molecular flexibility index (Phi) is 3.12. The second-order valence-corrected chi connectivity index (χ2v) is 4.19. The minimum atomic E-state index is -4.98. The Morgan fingerprint density at radius 2 is 1.88 bits per heavy atom. The molecule has 88 valence electrons. The van der Waals surface area contributed by atoms with Gasteiger partial charge >= 0.3 is 6.98 Å². The molecule has 0 radical (unpaired) electrons. The van der Waals surface area contributed by atoms with Gasteiger partial charge in [0, 0.05) is 0 Å². The second kappa shape index (κ2) is 4.40. The van der Waals surface area contributed by atoms with Crippen molar-refractivity contribution in [1.82, 2.24) is 0 Å². The normalized spacial score (nSPS) is 16.2. The minimum absolute atomic E-state index is 0.0318. The standard InChI is InChI=1S/C11H13BF3O/c13-12(14,15)10-3-1-2-4-11(10)16-8-7-9-5-6-9/h1-4,9H,5-8H2/q-1. The maximum atomic E-state index is 12.6. The average molecular weight is 229 g/mol. The van der Waals surface area contributed by atoms with E-state index in [9.17, 15) is 12.9 Å². The van der Waals surface area contributed by atoms with Gasteiger partial charge in [0.15, 0.2) is 0 Å². The number of ether oxygens (including phenoxy) is 1. The van der Waals surface area contributed by atoms with Gasteiger partial charge in [0.25, 0.3) is 0 Å². The largest absolute Gasteiger partial charge is 0.513 e. The molecule has 0 unspecified atom stereocenters. The smallest absolute Gasteiger partial charge is 0.497 e. The van der Waals surface area contributed by atoms with Gasteiger partial charge in [-0.05, 0) is 18.4 Å². The summed E-state index contributed by atoms with van der Waals surface area (Å²) in [6.45, 7) is -4.60. The van der Waals surface area contributed by atoms with Crippen LogP contribution in [0.25, 0.3) is 0 Å². The lowest BCUT2D eigenvalue weighted by molar-refractivity contribution is 0.303. The van der Waals surface area contributed by atoms with Crippen molar-refractivity contribution >= 4 is 12.4 Å². The molecule has 0 aliphatic heterocycles. The summed E-state index contributed by atoms with van der Waals surface area (Å²) in [5.41, 5.74) is -0.627. The van der Waals surface area contributed by atoms with Gasteiger partial charge in [-0.15, -0.1) is 0 Å². The van der Waals surface area contributed by atoms with Crippen molar-refractivity contribution in [2.75, 3.05) is 6.61 Å². The summed E-state index contributed by atoms with van der Waals surface area (Å²) in [7, 11) is 0. The number of halogens is 3. The van der Waals surface area contributed by atoms with Crippen LogP contribution in [0.1, 0.15) is 19.3 Å². The van der Waals surface area contributed by atoms with Crippen LogP contribution in [0.5, 0.6) is 5.75 Å². The van der Waals surface area contributed by atoms with E-state index in [1.807, 2.05) is 0 Å². The van der Waals surface area contributed by atoms with E-state index in [0.717, 1.165) is 12.5 Å². The zero-order valence-corrected chi connectivity index (χ0v) is 8.83. The molecule has 0 atom stereocenters. The Balaban J connectivity index is 2.00. The summed E-state index contributed by atoms with van der Waals surface area (Å²) >= 11 is 0. The fourth-order valence-corrected chi connectivity index (χ4v) is 1.62. The minimum Gasteiger partial charge on any atom is -0.497 e. The Morgan fingerprint density at radius 1 is 1.19 bits per heavy atom. The molecule has 1 aliphatic carbocycles. The molecule has 1 aromatic carbocycles. The lowest BCUT2D eigenvalue weighted by atomic mass is 9.79. The van der Waals surface area contributed by atoms with Crippen LogP contribution in [0.2, 0.25) is 0 Å². The van der Waals surface area contributed by atoms with E-state index in [1.54, 1.807) is 6.07 Å². The van der Waals surface area contributed by atoms with Crippen molar-refractivity contribution in [2.45, 2.75) is 19.3 Å². The first kappa shape index (κ1) is 11.4. The van der Waals surface area contributed by atoms with Crippen LogP contribution in [0, 0.1) is 5.92 Å². The maximum absolute atomic E-state index is 12.6. The molecule has 1 aliphatic rings. The third-order valence-corrected chi connectivity index (χ3v) is 2.75. The predicted octanol–water partition coefficient (Wildman–Crippen LogP) is 2.92.